The molecule has 1 aliphatic carbocycles. The summed E-state index contributed by atoms with van der Waals surface area (Å²) in [5, 5.41) is 9.87. The van der Waals surface area contributed by atoms with Crippen LogP contribution in [0.4, 0.5) is 8.78 Å². The topological polar surface area (TPSA) is 125 Å². The highest BCUT2D eigenvalue weighted by atomic mass is 35.5. The number of hydrogen-bond acceptors (Lipinski definition) is 9. The van der Waals surface area contributed by atoms with Crippen LogP contribution in [0.3, 0.4) is 0 Å². The summed E-state index contributed by atoms with van der Waals surface area (Å²) in [4.78, 5) is 13.1. The van der Waals surface area contributed by atoms with Gasteiger partial charge >= 0.3 is 12.6 Å². The van der Waals surface area contributed by atoms with Crippen LogP contribution in [0.1, 0.15) is 30.1 Å². The number of carbonyl (C=O) groups excluding carboxylic acids is 1. The minimum atomic E-state index is -4.19. The van der Waals surface area contributed by atoms with Crippen molar-refractivity contribution in [2.24, 2.45) is 5.92 Å². The van der Waals surface area contributed by atoms with Gasteiger partial charge in [-0.15, -0.1) is 0 Å². The van der Waals surface area contributed by atoms with Crippen LogP contribution in [0.2, 0.25) is 10.0 Å². The SMILES string of the molecule is COc1ccc(S(=O)(=O)N(C)CC(=O)O[C@@H](Cc2c(Cl)c[n+](O)cc2Cl)c2ccc(OC(F)F)c(OCC3CC3)c2)cc1OC. The molecule has 0 unspecified atom stereocenters. The van der Waals surface area contributed by atoms with Crippen LogP contribution >= 0.6 is 23.2 Å². The molecule has 0 spiro atoms. The maximum atomic E-state index is 13.3. The summed E-state index contributed by atoms with van der Waals surface area (Å²) in [6, 6.07) is 8.05. The minimum absolute atomic E-state index is 0.00681. The van der Waals surface area contributed by atoms with Crippen LogP contribution in [-0.2, 0) is 26.0 Å². The molecule has 11 nitrogen and oxygen atoms in total. The molecule has 0 radical (unpaired) electrons. The second-order valence-electron chi connectivity index (χ2n) is 10.1. The van der Waals surface area contributed by atoms with Crippen molar-refractivity contribution in [1.29, 1.82) is 0 Å². The lowest BCUT2D eigenvalue weighted by molar-refractivity contribution is -0.904. The van der Waals surface area contributed by atoms with Crippen molar-refractivity contribution >= 4 is 39.2 Å². The average molecular weight is 693 g/mol. The zero-order chi connectivity index (χ0) is 32.9. The molecule has 1 heterocycles. The first-order chi connectivity index (χ1) is 21.3. The first-order valence-corrected chi connectivity index (χ1v) is 15.7. The summed E-state index contributed by atoms with van der Waals surface area (Å²) in [7, 11) is -0.221. The molecule has 1 atom stereocenters. The van der Waals surface area contributed by atoms with E-state index < -0.39 is 35.3 Å². The maximum Gasteiger partial charge on any atom is 0.387 e. The molecule has 1 aliphatic rings. The van der Waals surface area contributed by atoms with Gasteiger partial charge in [-0.05, 0) is 48.6 Å². The van der Waals surface area contributed by atoms with Crippen LogP contribution in [0, 0.1) is 5.92 Å². The average Bonchev–Trinajstić information content (AvgIpc) is 3.81. The highest BCUT2D eigenvalue weighted by Crippen LogP contribution is 2.38. The van der Waals surface area contributed by atoms with Gasteiger partial charge in [-0.3, -0.25) is 10.0 Å². The summed E-state index contributed by atoms with van der Waals surface area (Å²) >= 11 is 12.7. The predicted octanol–water partition coefficient (Wildman–Crippen LogP) is 5.07. The smallest absolute Gasteiger partial charge is 0.387 e. The molecule has 4 rings (SSSR count). The summed E-state index contributed by atoms with van der Waals surface area (Å²) in [6.07, 6.45) is 2.96. The van der Waals surface area contributed by atoms with Crippen molar-refractivity contribution in [1.82, 2.24) is 4.31 Å². The molecule has 0 bridgehead atoms. The highest BCUT2D eigenvalue weighted by Gasteiger charge is 2.29. The van der Waals surface area contributed by atoms with Crippen molar-refractivity contribution in [3.05, 3.63) is 70.0 Å². The molecule has 3 aromatic rings. The lowest BCUT2D eigenvalue weighted by atomic mass is 10.0. The Balaban J connectivity index is 1.62. The fourth-order valence-electron chi connectivity index (χ4n) is 4.29. The second kappa shape index (κ2) is 14.7. The third-order valence-electron chi connectivity index (χ3n) is 6.87. The molecular formula is C29H31Cl2F2N2O9S+. The Labute approximate surface area is 268 Å². The first kappa shape index (κ1) is 34.3. The number of rotatable bonds is 15. The normalized spacial score (nSPS) is 13.9. The third kappa shape index (κ3) is 8.78. The van der Waals surface area contributed by atoms with Crippen molar-refractivity contribution in [2.75, 3.05) is 34.4 Å². The number of benzene rings is 2. The maximum absolute atomic E-state index is 13.3. The molecule has 1 aromatic heterocycles. The van der Waals surface area contributed by atoms with E-state index in [1.54, 1.807) is 0 Å². The van der Waals surface area contributed by atoms with E-state index in [1.165, 1.54) is 70.1 Å². The van der Waals surface area contributed by atoms with Crippen molar-refractivity contribution in [3.8, 4) is 23.0 Å². The zero-order valence-corrected chi connectivity index (χ0v) is 26.7. The van der Waals surface area contributed by atoms with E-state index in [0.717, 1.165) is 17.1 Å². The Hall–Kier alpha value is -3.59. The minimum Gasteiger partial charge on any atom is -0.493 e. The summed E-state index contributed by atoms with van der Waals surface area (Å²) in [6.45, 7) is -3.53. The molecule has 1 N–H and O–H groups in total. The molecule has 244 valence electrons. The Morgan fingerprint density at radius 3 is 2.27 bits per heavy atom. The number of nitrogens with zero attached hydrogens (tertiary/aromatic N) is 2. The highest BCUT2D eigenvalue weighted by molar-refractivity contribution is 7.89. The van der Waals surface area contributed by atoms with Gasteiger partial charge in [0, 0.05) is 29.8 Å². The molecule has 0 saturated heterocycles. The molecule has 16 heteroatoms. The molecule has 2 aromatic carbocycles. The Morgan fingerprint density at radius 1 is 1.02 bits per heavy atom. The van der Waals surface area contributed by atoms with Gasteiger partial charge in [0.1, 0.15) is 22.7 Å². The summed E-state index contributed by atoms with van der Waals surface area (Å²) in [5.41, 5.74) is 0.593. The molecule has 1 fully saturated rings. The lowest BCUT2D eigenvalue weighted by Crippen LogP contribution is -2.34. The van der Waals surface area contributed by atoms with E-state index in [9.17, 15) is 27.2 Å². The van der Waals surface area contributed by atoms with E-state index in [2.05, 4.69) is 4.74 Å². The van der Waals surface area contributed by atoms with E-state index in [-0.39, 0.29) is 51.1 Å². The second-order valence-corrected chi connectivity index (χ2v) is 13.0. The van der Waals surface area contributed by atoms with E-state index in [1.807, 2.05) is 0 Å². The van der Waals surface area contributed by atoms with Gasteiger partial charge in [-0.25, -0.2) is 8.42 Å². The van der Waals surface area contributed by atoms with E-state index in [4.69, 9.17) is 42.1 Å². The number of pyridine rings is 1. The largest absolute Gasteiger partial charge is 0.493 e. The summed E-state index contributed by atoms with van der Waals surface area (Å²) in [5.74, 6) is -0.368. The number of aromatic nitrogens is 1. The lowest BCUT2D eigenvalue weighted by Gasteiger charge is -2.23. The number of carbonyl (C=O) groups is 1. The van der Waals surface area contributed by atoms with Crippen LogP contribution < -0.4 is 23.7 Å². The van der Waals surface area contributed by atoms with Gasteiger partial charge in [-0.2, -0.15) is 13.1 Å². The third-order valence-corrected chi connectivity index (χ3v) is 9.32. The van der Waals surface area contributed by atoms with Gasteiger partial charge in [0.2, 0.25) is 22.4 Å². The Bertz CT molecular complexity index is 1620. The van der Waals surface area contributed by atoms with Crippen LogP contribution in [0.15, 0.2) is 53.7 Å². The number of esters is 1. The number of hydrogen-bond donors (Lipinski definition) is 1. The first-order valence-electron chi connectivity index (χ1n) is 13.5. The number of ether oxygens (including phenoxy) is 5. The number of alkyl halides is 2. The molecule has 0 amide bonds. The quantitative estimate of drug-likeness (QED) is 0.132. The summed E-state index contributed by atoms with van der Waals surface area (Å²) < 4.78 is 80.7. The predicted molar refractivity (Wildman–Crippen MR) is 157 cm³/mol. The van der Waals surface area contributed by atoms with Crippen molar-refractivity contribution < 1.29 is 55.6 Å². The van der Waals surface area contributed by atoms with Crippen LogP contribution in [0.5, 0.6) is 23.0 Å². The zero-order valence-electron chi connectivity index (χ0n) is 24.4. The molecule has 0 aliphatic heterocycles. The number of sulfonamides is 1. The van der Waals surface area contributed by atoms with E-state index in [0.29, 0.717) is 21.6 Å². The van der Waals surface area contributed by atoms with Crippen LogP contribution in [-0.4, -0.2) is 64.9 Å². The van der Waals surface area contributed by atoms with Gasteiger partial charge < -0.3 is 23.7 Å². The van der Waals surface area contributed by atoms with E-state index >= 15 is 0 Å². The number of likely N-dealkylation sites (N-methyl/N-ethyl adjacent to an activating group) is 1. The fourth-order valence-corrected chi connectivity index (χ4v) is 6.03. The van der Waals surface area contributed by atoms with Gasteiger partial charge in [-0.1, -0.05) is 29.3 Å². The van der Waals surface area contributed by atoms with Gasteiger partial charge in [0.25, 0.3) is 0 Å². The monoisotopic (exact) mass is 691 g/mol. The standard InChI is InChI=1S/C29H31Cl2F2N2O9S/c1-34(45(38,39)19-7-9-23(40-2)26(11-19)41-3)15-28(36)43-25(12-20-21(30)13-35(37)14-22(20)31)18-6-8-24(44-29(32)33)27(10-18)42-16-17-4-5-17/h6-11,13-14,17,25,29,37H,4-5,12,15-16H2,1-3H3/q+1/t25-/m0/s1. The molecule has 45 heavy (non-hydrogen) atoms. The fraction of sp³-hybridized carbons (Fsp3) is 0.379. The van der Waals surface area contributed by atoms with Gasteiger partial charge in [0.05, 0.1) is 25.7 Å². The van der Waals surface area contributed by atoms with Gasteiger partial charge in [0.15, 0.2) is 23.0 Å². The Morgan fingerprint density at radius 2 is 1.67 bits per heavy atom. The Kier molecular flexibility index (Phi) is 11.2. The van der Waals surface area contributed by atoms with Crippen molar-refractivity contribution in [3.63, 3.8) is 0 Å². The number of methoxy groups -OCH3 is 2. The number of halogens is 4. The van der Waals surface area contributed by atoms with Crippen LogP contribution in [0.25, 0.3) is 0 Å². The molecular weight excluding hydrogens is 661 g/mol. The molecule has 1 saturated carbocycles. The van der Waals surface area contributed by atoms with Crippen molar-refractivity contribution in [2.45, 2.75) is 36.9 Å².